The van der Waals surface area contributed by atoms with Crippen molar-refractivity contribution >= 4 is 16.8 Å². The van der Waals surface area contributed by atoms with E-state index in [4.69, 9.17) is 10.5 Å². The van der Waals surface area contributed by atoms with Crippen LogP contribution in [-0.4, -0.2) is 39.2 Å². The number of nitrogens with zero attached hydrogens (tertiary/aromatic N) is 2. The number of halogens is 4. The Labute approximate surface area is 185 Å². The molecule has 174 valence electrons. The molecule has 0 bridgehead atoms. The number of alkyl halides is 3. The Bertz CT molecular complexity index is 1310. The third-order valence-electron chi connectivity index (χ3n) is 6.09. The number of ether oxygens (including phenoxy) is 1. The van der Waals surface area contributed by atoms with E-state index in [2.05, 4.69) is 15.0 Å². The molecule has 3 aromatic heterocycles. The predicted octanol–water partition coefficient (Wildman–Crippen LogP) is 3.47. The summed E-state index contributed by atoms with van der Waals surface area (Å²) in [6.45, 7) is 2.01. The van der Waals surface area contributed by atoms with E-state index >= 15 is 0 Å². The maximum absolute atomic E-state index is 13.8. The number of amides is 1. The maximum atomic E-state index is 13.8. The summed E-state index contributed by atoms with van der Waals surface area (Å²) in [5.74, 6) is -3.02. The molecule has 0 unspecified atom stereocenters. The van der Waals surface area contributed by atoms with Crippen molar-refractivity contribution in [3.8, 4) is 0 Å². The summed E-state index contributed by atoms with van der Waals surface area (Å²) < 4.78 is 60.4. The highest BCUT2D eigenvalue weighted by Gasteiger charge is 2.57. The fraction of sp³-hybridized carbons (Fsp3) is 0.364. The molecule has 0 spiro atoms. The van der Waals surface area contributed by atoms with Crippen LogP contribution in [0.5, 0.6) is 0 Å². The number of carbonyl (C=O) groups is 1. The molecule has 0 radical (unpaired) electrons. The summed E-state index contributed by atoms with van der Waals surface area (Å²) in [7, 11) is 0. The number of hydrogen-bond acceptors (Lipinski definition) is 5. The van der Waals surface area contributed by atoms with Gasteiger partial charge in [0.1, 0.15) is 11.5 Å². The summed E-state index contributed by atoms with van der Waals surface area (Å²) in [6.07, 6.45) is -3.84. The van der Waals surface area contributed by atoms with Gasteiger partial charge in [-0.3, -0.25) is 19.6 Å². The molecule has 1 fully saturated rings. The summed E-state index contributed by atoms with van der Waals surface area (Å²) >= 11 is 0. The molecule has 0 aromatic carbocycles. The van der Waals surface area contributed by atoms with Gasteiger partial charge in [-0.05, 0) is 38.5 Å². The third-order valence-corrected chi connectivity index (χ3v) is 6.09. The second kappa shape index (κ2) is 7.91. The summed E-state index contributed by atoms with van der Waals surface area (Å²) in [6, 6.07) is 5.16. The number of pyridine rings is 3. The van der Waals surface area contributed by atoms with Gasteiger partial charge in [0.25, 0.3) is 5.91 Å². The molecule has 11 heteroatoms. The highest BCUT2D eigenvalue weighted by atomic mass is 19.4. The number of nitrogens with one attached hydrogen (secondary N) is 1. The van der Waals surface area contributed by atoms with E-state index in [1.54, 1.807) is 0 Å². The first-order valence-electron chi connectivity index (χ1n) is 10.1. The molecular formula is C22H20F4N4O3. The van der Waals surface area contributed by atoms with Crippen LogP contribution in [-0.2, 0) is 4.74 Å². The Balaban J connectivity index is 1.86. The van der Waals surface area contributed by atoms with Gasteiger partial charge in [-0.2, -0.15) is 13.2 Å². The van der Waals surface area contributed by atoms with Crippen LogP contribution >= 0.6 is 0 Å². The lowest BCUT2D eigenvalue weighted by atomic mass is 9.76. The smallest absolute Gasteiger partial charge is 0.365 e. The highest BCUT2D eigenvalue weighted by Crippen LogP contribution is 2.49. The van der Waals surface area contributed by atoms with Crippen molar-refractivity contribution in [1.82, 2.24) is 15.0 Å². The van der Waals surface area contributed by atoms with E-state index in [9.17, 15) is 27.2 Å². The van der Waals surface area contributed by atoms with Gasteiger partial charge in [0.05, 0.1) is 23.2 Å². The number of aryl methyl sites for hydroxylation is 1. The average molecular weight is 464 g/mol. The Hall–Kier alpha value is -3.34. The van der Waals surface area contributed by atoms with Gasteiger partial charge < -0.3 is 15.5 Å². The first-order chi connectivity index (χ1) is 15.4. The molecular weight excluding hydrogens is 444 g/mol. The van der Waals surface area contributed by atoms with Crippen LogP contribution in [0.4, 0.5) is 17.6 Å². The van der Waals surface area contributed by atoms with Crippen molar-refractivity contribution in [2.24, 2.45) is 5.73 Å². The molecule has 4 heterocycles. The number of rotatable bonds is 3. The van der Waals surface area contributed by atoms with Crippen molar-refractivity contribution < 1.29 is 27.1 Å². The molecule has 33 heavy (non-hydrogen) atoms. The standard InChI is InChI=1S/C22H20F4N4O3/c1-10-13(23)3-4-14(29-10)11-8-21(2,22(24,25)26)33-9-12(11)16-7-17(31)18-15(30-16)5-6-28-19(18)20(27)32/h3-7,11-12H,8-9H2,1-2H3,(H2,27,32)(H,30,31)/t11-,12-,21-/m1/s1. The second-order valence-electron chi connectivity index (χ2n) is 8.30. The van der Waals surface area contributed by atoms with Crippen LogP contribution in [0.2, 0.25) is 0 Å². The molecule has 1 aliphatic rings. The minimum atomic E-state index is -4.65. The number of primary amides is 1. The number of hydrogen-bond donors (Lipinski definition) is 2. The van der Waals surface area contributed by atoms with Gasteiger partial charge in [0, 0.05) is 35.5 Å². The zero-order valence-corrected chi connectivity index (χ0v) is 17.7. The second-order valence-corrected chi connectivity index (χ2v) is 8.30. The van der Waals surface area contributed by atoms with Crippen molar-refractivity contribution in [2.75, 3.05) is 6.61 Å². The van der Waals surface area contributed by atoms with Crippen LogP contribution in [0, 0.1) is 12.7 Å². The normalized spacial score (nSPS) is 23.6. The predicted molar refractivity (Wildman–Crippen MR) is 110 cm³/mol. The van der Waals surface area contributed by atoms with Crippen LogP contribution < -0.4 is 11.2 Å². The van der Waals surface area contributed by atoms with Crippen LogP contribution in [0.25, 0.3) is 10.9 Å². The van der Waals surface area contributed by atoms with Crippen LogP contribution in [0.1, 0.15) is 52.8 Å². The van der Waals surface area contributed by atoms with Gasteiger partial charge in [-0.15, -0.1) is 0 Å². The zero-order chi connectivity index (χ0) is 24.1. The number of carbonyl (C=O) groups excluding carboxylic acids is 1. The first-order valence-corrected chi connectivity index (χ1v) is 10.1. The lowest BCUT2D eigenvalue weighted by Gasteiger charge is -2.43. The number of fused-ring (bicyclic) bond motifs is 1. The largest absolute Gasteiger partial charge is 0.417 e. The van der Waals surface area contributed by atoms with E-state index in [1.165, 1.54) is 31.3 Å². The molecule has 1 amide bonds. The van der Waals surface area contributed by atoms with Gasteiger partial charge in [0.2, 0.25) is 0 Å². The number of aromatic nitrogens is 3. The lowest BCUT2D eigenvalue weighted by Crippen LogP contribution is -2.51. The van der Waals surface area contributed by atoms with Gasteiger partial charge in [0.15, 0.2) is 11.0 Å². The van der Waals surface area contributed by atoms with E-state index in [0.717, 1.165) is 13.0 Å². The van der Waals surface area contributed by atoms with Crippen LogP contribution in [0.3, 0.4) is 0 Å². The minimum Gasteiger partial charge on any atom is -0.365 e. The van der Waals surface area contributed by atoms with E-state index in [0.29, 0.717) is 5.69 Å². The Morgan fingerprint density at radius 1 is 1.27 bits per heavy atom. The lowest BCUT2D eigenvalue weighted by molar-refractivity contribution is -0.286. The first kappa shape index (κ1) is 22.8. The van der Waals surface area contributed by atoms with Crippen LogP contribution in [0.15, 0.2) is 35.3 Å². The topological polar surface area (TPSA) is 111 Å². The fourth-order valence-electron chi connectivity index (χ4n) is 4.20. The molecule has 7 nitrogen and oxygen atoms in total. The average Bonchev–Trinajstić information content (AvgIpc) is 2.74. The van der Waals surface area contributed by atoms with Gasteiger partial charge >= 0.3 is 6.18 Å². The Morgan fingerprint density at radius 2 is 2.00 bits per heavy atom. The SMILES string of the molecule is Cc1nc([C@@H]2C[C@](C)(C(F)(F)F)OC[C@H]2c2cc(=O)c3c(C(N)=O)nccc3[nH]2)ccc1F. The monoisotopic (exact) mass is 464 g/mol. The quantitative estimate of drug-likeness (QED) is 0.577. The Kier molecular flexibility index (Phi) is 5.47. The van der Waals surface area contributed by atoms with E-state index in [1.807, 2.05) is 0 Å². The number of H-pyrrole nitrogens is 1. The molecule has 0 saturated carbocycles. The van der Waals surface area contributed by atoms with Gasteiger partial charge in [-0.25, -0.2) is 4.39 Å². The number of nitrogens with two attached hydrogens (primary N) is 1. The number of aromatic amines is 1. The molecule has 3 atom stereocenters. The highest BCUT2D eigenvalue weighted by molar-refractivity contribution is 6.03. The molecule has 0 aliphatic carbocycles. The Morgan fingerprint density at radius 3 is 2.64 bits per heavy atom. The fourth-order valence-corrected chi connectivity index (χ4v) is 4.20. The van der Waals surface area contributed by atoms with Crippen molar-refractivity contribution in [2.45, 2.75) is 43.9 Å². The van der Waals surface area contributed by atoms with Crippen molar-refractivity contribution in [3.63, 3.8) is 0 Å². The molecule has 4 rings (SSSR count). The minimum absolute atomic E-state index is 0.0158. The molecule has 1 aliphatic heterocycles. The zero-order valence-electron chi connectivity index (χ0n) is 17.7. The third kappa shape index (κ3) is 3.97. The van der Waals surface area contributed by atoms with E-state index < -0.39 is 47.2 Å². The van der Waals surface area contributed by atoms with Crippen molar-refractivity contribution in [3.05, 3.63) is 69.3 Å². The summed E-state index contributed by atoms with van der Waals surface area (Å²) in [5.41, 5.74) is 2.95. The molecule has 1 saturated heterocycles. The summed E-state index contributed by atoms with van der Waals surface area (Å²) in [4.78, 5) is 35.5. The molecule has 3 N–H and O–H groups in total. The maximum Gasteiger partial charge on any atom is 0.417 e. The van der Waals surface area contributed by atoms with E-state index in [-0.39, 0.29) is 34.6 Å². The van der Waals surface area contributed by atoms with Crippen molar-refractivity contribution in [1.29, 1.82) is 0 Å². The van der Waals surface area contributed by atoms with Gasteiger partial charge in [-0.1, -0.05) is 0 Å². The molecule has 3 aromatic rings. The summed E-state index contributed by atoms with van der Waals surface area (Å²) in [5, 5.41) is -0.0158.